The number of aryl methyl sites for hydroxylation is 1. The average molecular weight is 261 g/mol. The molecule has 1 aromatic carbocycles. The molecule has 5 heteroatoms. The summed E-state index contributed by atoms with van der Waals surface area (Å²) in [6.45, 7) is 2.37. The Morgan fingerprint density at radius 1 is 1.42 bits per heavy atom. The van der Waals surface area contributed by atoms with Crippen LogP contribution in [0.4, 0.5) is 11.4 Å². The van der Waals surface area contributed by atoms with E-state index in [0.29, 0.717) is 12.3 Å². The molecule has 0 bridgehead atoms. The largest absolute Gasteiger partial charge is 0.399 e. The van der Waals surface area contributed by atoms with Crippen LogP contribution >= 0.6 is 0 Å². The highest BCUT2D eigenvalue weighted by Gasteiger charge is 2.10. The summed E-state index contributed by atoms with van der Waals surface area (Å²) in [5.41, 5.74) is 9.21. The topological polar surface area (TPSA) is 80.4 Å². The molecule has 2 aromatic rings. The summed E-state index contributed by atoms with van der Waals surface area (Å²) in [5, 5.41) is 13.5. The molecule has 0 amide bonds. The average Bonchev–Trinajstić information content (AvgIpc) is 2.39. The van der Waals surface area contributed by atoms with Gasteiger partial charge >= 0.3 is 0 Å². The molecule has 0 aliphatic heterocycles. The van der Waals surface area contributed by atoms with Gasteiger partial charge in [0.2, 0.25) is 0 Å². The first-order valence-corrected chi connectivity index (χ1v) is 6.17. The summed E-state index contributed by atoms with van der Waals surface area (Å²) >= 11 is 0. The Hall–Kier alpha value is -1.85. The van der Waals surface area contributed by atoms with Crippen molar-refractivity contribution >= 4 is 22.3 Å². The first-order valence-electron chi connectivity index (χ1n) is 6.17. The number of pyridine rings is 1. The number of aliphatic hydroxyl groups is 1. The van der Waals surface area contributed by atoms with Gasteiger partial charge in [0.1, 0.15) is 0 Å². The van der Waals surface area contributed by atoms with E-state index in [1.54, 1.807) is 7.11 Å². The molecule has 0 radical (unpaired) electrons. The zero-order valence-electron chi connectivity index (χ0n) is 11.2. The zero-order chi connectivity index (χ0) is 13.8. The van der Waals surface area contributed by atoms with Gasteiger partial charge in [-0.2, -0.15) is 0 Å². The summed E-state index contributed by atoms with van der Waals surface area (Å²) < 4.78 is 5.07. The van der Waals surface area contributed by atoms with Crippen LogP contribution in [0, 0.1) is 6.92 Å². The van der Waals surface area contributed by atoms with E-state index in [1.165, 1.54) is 0 Å². The van der Waals surface area contributed by atoms with Gasteiger partial charge in [-0.1, -0.05) is 0 Å². The molecule has 19 heavy (non-hydrogen) atoms. The normalized spacial score (nSPS) is 12.6. The number of aromatic nitrogens is 1. The van der Waals surface area contributed by atoms with Gasteiger partial charge in [-0.3, -0.25) is 4.98 Å². The fraction of sp³-hybridized carbons (Fsp3) is 0.357. The number of methoxy groups -OCH3 is 1. The van der Waals surface area contributed by atoms with Crippen molar-refractivity contribution in [1.29, 1.82) is 0 Å². The predicted octanol–water partition coefficient (Wildman–Crippen LogP) is 1.54. The summed E-state index contributed by atoms with van der Waals surface area (Å²) in [7, 11) is 1.61. The number of aliphatic hydroxyl groups excluding tert-OH is 1. The Kier molecular flexibility index (Phi) is 4.19. The number of benzene rings is 1. The summed E-state index contributed by atoms with van der Waals surface area (Å²) in [4.78, 5) is 4.47. The quantitative estimate of drug-likeness (QED) is 0.711. The summed E-state index contributed by atoms with van der Waals surface area (Å²) in [6.07, 6.45) is 0. The number of rotatable bonds is 5. The molecular formula is C14H19N3O2. The molecule has 1 atom stereocenters. The van der Waals surface area contributed by atoms with E-state index in [2.05, 4.69) is 10.3 Å². The SMILES string of the molecule is COCC(CO)Nc1cc(C)nc2ccc(N)cc12. The molecule has 0 aliphatic rings. The van der Waals surface area contributed by atoms with Crippen LogP contribution in [-0.4, -0.2) is 36.5 Å². The number of hydrogen-bond donors (Lipinski definition) is 3. The maximum absolute atomic E-state index is 9.33. The second kappa shape index (κ2) is 5.86. The number of nitrogens with one attached hydrogen (secondary N) is 1. The zero-order valence-corrected chi connectivity index (χ0v) is 11.2. The number of nitrogen functional groups attached to an aromatic ring is 1. The smallest absolute Gasteiger partial charge is 0.0727 e. The van der Waals surface area contributed by atoms with Crippen molar-refractivity contribution in [2.24, 2.45) is 0 Å². The van der Waals surface area contributed by atoms with Crippen LogP contribution in [0.1, 0.15) is 5.69 Å². The lowest BCUT2D eigenvalue weighted by atomic mass is 10.1. The van der Waals surface area contributed by atoms with Crippen LogP contribution in [0.15, 0.2) is 24.3 Å². The van der Waals surface area contributed by atoms with Crippen LogP contribution in [0.3, 0.4) is 0 Å². The maximum Gasteiger partial charge on any atom is 0.0727 e. The third-order valence-electron chi connectivity index (χ3n) is 2.91. The number of ether oxygens (including phenoxy) is 1. The number of anilines is 2. The Balaban J connectivity index is 2.43. The molecule has 1 unspecified atom stereocenters. The van der Waals surface area contributed by atoms with Crippen LogP contribution in [0.25, 0.3) is 10.9 Å². The van der Waals surface area contributed by atoms with Crippen molar-refractivity contribution in [3.8, 4) is 0 Å². The molecule has 0 saturated heterocycles. The summed E-state index contributed by atoms with van der Waals surface area (Å²) in [5.74, 6) is 0. The molecule has 1 aromatic heterocycles. The Bertz CT molecular complexity index is 572. The highest BCUT2D eigenvalue weighted by Crippen LogP contribution is 2.25. The van der Waals surface area contributed by atoms with E-state index in [0.717, 1.165) is 22.3 Å². The first kappa shape index (κ1) is 13.6. The van der Waals surface area contributed by atoms with Crippen molar-refractivity contribution in [3.05, 3.63) is 30.0 Å². The minimum Gasteiger partial charge on any atom is -0.399 e. The van der Waals surface area contributed by atoms with Gasteiger partial charge < -0.3 is 20.9 Å². The standard InChI is InChI=1S/C14H19N3O2/c1-9-5-14(17-11(7-18)8-19-2)12-6-10(15)3-4-13(12)16-9/h3-6,11,18H,7-8,15H2,1-2H3,(H,16,17). The Morgan fingerprint density at radius 3 is 2.89 bits per heavy atom. The molecule has 2 rings (SSSR count). The van der Waals surface area contributed by atoms with Crippen LogP contribution in [0.5, 0.6) is 0 Å². The van der Waals surface area contributed by atoms with E-state index in [-0.39, 0.29) is 12.6 Å². The minimum absolute atomic E-state index is 0.000973. The number of hydrogen-bond acceptors (Lipinski definition) is 5. The molecule has 4 N–H and O–H groups in total. The van der Waals surface area contributed by atoms with Gasteiger partial charge in [0.15, 0.2) is 0 Å². The van der Waals surface area contributed by atoms with Gasteiger partial charge in [-0.15, -0.1) is 0 Å². The van der Waals surface area contributed by atoms with E-state index in [4.69, 9.17) is 10.5 Å². The number of nitrogens with two attached hydrogens (primary N) is 1. The van der Waals surface area contributed by atoms with Gasteiger partial charge in [-0.05, 0) is 31.2 Å². The summed E-state index contributed by atoms with van der Waals surface area (Å²) in [6, 6.07) is 7.40. The molecule has 0 saturated carbocycles. The second-order valence-corrected chi connectivity index (χ2v) is 4.57. The first-order chi connectivity index (χ1) is 9.13. The van der Waals surface area contributed by atoms with Gasteiger partial charge in [0.25, 0.3) is 0 Å². The Labute approximate surface area is 112 Å². The molecule has 0 spiro atoms. The van der Waals surface area contributed by atoms with Crippen molar-refractivity contribution < 1.29 is 9.84 Å². The van der Waals surface area contributed by atoms with Gasteiger partial charge in [0.05, 0.1) is 24.8 Å². The lowest BCUT2D eigenvalue weighted by Gasteiger charge is -2.18. The third-order valence-corrected chi connectivity index (χ3v) is 2.91. The minimum atomic E-state index is -0.156. The molecule has 0 aliphatic carbocycles. The highest BCUT2D eigenvalue weighted by molar-refractivity contribution is 5.93. The van der Waals surface area contributed by atoms with E-state index >= 15 is 0 Å². The molecule has 102 valence electrons. The molecule has 0 fully saturated rings. The second-order valence-electron chi connectivity index (χ2n) is 4.57. The van der Waals surface area contributed by atoms with Gasteiger partial charge in [0, 0.05) is 29.6 Å². The molecular weight excluding hydrogens is 242 g/mol. The highest BCUT2D eigenvalue weighted by atomic mass is 16.5. The van der Waals surface area contributed by atoms with E-state index in [9.17, 15) is 5.11 Å². The lowest BCUT2D eigenvalue weighted by Crippen LogP contribution is -2.28. The van der Waals surface area contributed by atoms with Crippen molar-refractivity contribution in [2.75, 3.05) is 31.4 Å². The molecule has 5 nitrogen and oxygen atoms in total. The lowest BCUT2D eigenvalue weighted by molar-refractivity contribution is 0.153. The van der Waals surface area contributed by atoms with Crippen LogP contribution in [0.2, 0.25) is 0 Å². The van der Waals surface area contributed by atoms with Crippen LogP contribution < -0.4 is 11.1 Å². The maximum atomic E-state index is 9.33. The fourth-order valence-electron chi connectivity index (χ4n) is 2.06. The Morgan fingerprint density at radius 2 is 2.21 bits per heavy atom. The third kappa shape index (κ3) is 3.13. The van der Waals surface area contributed by atoms with E-state index < -0.39 is 0 Å². The number of fused-ring (bicyclic) bond motifs is 1. The van der Waals surface area contributed by atoms with Crippen molar-refractivity contribution in [3.63, 3.8) is 0 Å². The van der Waals surface area contributed by atoms with Crippen LogP contribution in [-0.2, 0) is 4.74 Å². The van der Waals surface area contributed by atoms with Crippen molar-refractivity contribution in [2.45, 2.75) is 13.0 Å². The van der Waals surface area contributed by atoms with Crippen molar-refractivity contribution in [1.82, 2.24) is 4.98 Å². The van der Waals surface area contributed by atoms with E-state index in [1.807, 2.05) is 31.2 Å². The number of nitrogens with zero attached hydrogens (tertiary/aromatic N) is 1. The van der Waals surface area contributed by atoms with Gasteiger partial charge in [-0.25, -0.2) is 0 Å². The predicted molar refractivity (Wildman–Crippen MR) is 77.3 cm³/mol. The monoisotopic (exact) mass is 261 g/mol. The fourth-order valence-corrected chi connectivity index (χ4v) is 2.06. The molecule has 1 heterocycles.